The Balaban J connectivity index is 1.35. The quantitative estimate of drug-likeness (QED) is 0.573. The van der Waals surface area contributed by atoms with E-state index in [1.807, 2.05) is 30.5 Å². The predicted octanol–water partition coefficient (Wildman–Crippen LogP) is 3.74. The summed E-state index contributed by atoms with van der Waals surface area (Å²) in [5.74, 6) is -0.0362. The number of ketones is 1. The van der Waals surface area contributed by atoms with E-state index in [9.17, 15) is 14.4 Å². The van der Waals surface area contributed by atoms with Gasteiger partial charge in [-0.15, -0.1) is 0 Å². The minimum absolute atomic E-state index is 0.00459. The van der Waals surface area contributed by atoms with Crippen molar-refractivity contribution >= 4 is 34.2 Å². The van der Waals surface area contributed by atoms with E-state index in [2.05, 4.69) is 15.6 Å². The number of rotatable bonds is 5. The highest BCUT2D eigenvalue weighted by atomic mass is 16.5. The molecule has 0 saturated heterocycles. The number of carbonyl (C=O) groups is 3. The number of nitrogens with one attached hydrogen (secondary N) is 3. The van der Waals surface area contributed by atoms with E-state index in [0.717, 1.165) is 29.3 Å². The van der Waals surface area contributed by atoms with Crippen LogP contribution in [0.5, 0.6) is 5.75 Å². The molecule has 5 rings (SSSR count). The molecule has 2 amide bonds. The van der Waals surface area contributed by atoms with E-state index in [4.69, 9.17) is 4.74 Å². The molecule has 2 heterocycles. The van der Waals surface area contributed by atoms with Gasteiger partial charge in [0, 0.05) is 23.5 Å². The van der Waals surface area contributed by atoms with Crippen molar-refractivity contribution in [2.75, 3.05) is 11.9 Å². The molecule has 1 aromatic heterocycles. The molecule has 1 aliphatic carbocycles. The first-order valence-corrected chi connectivity index (χ1v) is 11.0. The SMILES string of the molecule is O=C(Cc1c[nH]c2ccccc12)NC1(C(=O)Nc2cccc3c2OCCC3=O)CCCC1. The van der Waals surface area contributed by atoms with Crippen LogP contribution in [0.4, 0.5) is 5.69 Å². The maximum absolute atomic E-state index is 13.4. The Morgan fingerprint density at radius 1 is 1.06 bits per heavy atom. The van der Waals surface area contributed by atoms with E-state index in [1.165, 1.54) is 0 Å². The van der Waals surface area contributed by atoms with Crippen molar-refractivity contribution in [1.82, 2.24) is 10.3 Å². The largest absolute Gasteiger partial charge is 0.490 e. The van der Waals surface area contributed by atoms with Crippen LogP contribution in [0.25, 0.3) is 10.9 Å². The third-order valence-electron chi connectivity index (χ3n) is 6.44. The first-order valence-electron chi connectivity index (χ1n) is 11.0. The molecule has 0 unspecified atom stereocenters. The zero-order valence-corrected chi connectivity index (χ0v) is 17.7. The first kappa shape index (κ1) is 20.3. The van der Waals surface area contributed by atoms with Gasteiger partial charge in [-0.1, -0.05) is 37.1 Å². The summed E-state index contributed by atoms with van der Waals surface area (Å²) in [4.78, 5) is 41.7. The normalized spacial score (nSPS) is 16.9. The third kappa shape index (κ3) is 3.64. The molecule has 1 fully saturated rings. The summed E-state index contributed by atoms with van der Waals surface area (Å²) in [5.41, 5.74) is 1.86. The summed E-state index contributed by atoms with van der Waals surface area (Å²) in [6.45, 7) is 0.297. The molecule has 2 aliphatic rings. The fourth-order valence-electron chi connectivity index (χ4n) is 4.78. The topological polar surface area (TPSA) is 100 Å². The van der Waals surface area contributed by atoms with Crippen molar-refractivity contribution in [3.63, 3.8) is 0 Å². The van der Waals surface area contributed by atoms with Crippen LogP contribution in [0.15, 0.2) is 48.7 Å². The summed E-state index contributed by atoms with van der Waals surface area (Å²) in [6, 6.07) is 13.0. The van der Waals surface area contributed by atoms with Crippen LogP contribution in [0, 0.1) is 0 Å². The monoisotopic (exact) mass is 431 g/mol. The molecule has 7 nitrogen and oxygen atoms in total. The Labute approximate surface area is 185 Å². The van der Waals surface area contributed by atoms with Crippen molar-refractivity contribution in [3.05, 3.63) is 59.8 Å². The van der Waals surface area contributed by atoms with Crippen LogP contribution in [0.1, 0.15) is 48.0 Å². The van der Waals surface area contributed by atoms with E-state index in [-0.39, 0.29) is 24.0 Å². The average Bonchev–Trinajstić information content (AvgIpc) is 3.43. The van der Waals surface area contributed by atoms with Gasteiger partial charge in [0.25, 0.3) is 0 Å². The summed E-state index contributed by atoms with van der Waals surface area (Å²) in [6.07, 6.45) is 5.25. The van der Waals surface area contributed by atoms with E-state index < -0.39 is 5.54 Å². The molecule has 164 valence electrons. The number of H-pyrrole nitrogens is 1. The zero-order valence-electron chi connectivity index (χ0n) is 17.7. The number of ether oxygens (including phenoxy) is 1. The molecular weight excluding hydrogens is 406 g/mol. The number of amides is 2. The van der Waals surface area contributed by atoms with Crippen LogP contribution in [0.3, 0.4) is 0 Å². The van der Waals surface area contributed by atoms with Gasteiger partial charge in [-0.2, -0.15) is 0 Å². The minimum atomic E-state index is -0.968. The molecule has 3 N–H and O–H groups in total. The summed E-state index contributed by atoms with van der Waals surface area (Å²) < 4.78 is 5.69. The molecule has 2 aromatic carbocycles. The third-order valence-corrected chi connectivity index (χ3v) is 6.44. The van der Waals surface area contributed by atoms with Gasteiger partial charge in [0.05, 0.1) is 24.3 Å². The second-order valence-corrected chi connectivity index (χ2v) is 8.53. The molecule has 0 atom stereocenters. The molecule has 0 spiro atoms. The molecule has 7 heteroatoms. The molecule has 0 radical (unpaired) electrons. The Kier molecular flexibility index (Phi) is 5.17. The van der Waals surface area contributed by atoms with E-state index in [1.54, 1.807) is 18.2 Å². The lowest BCUT2D eigenvalue weighted by atomic mass is 9.95. The summed E-state index contributed by atoms with van der Waals surface area (Å²) >= 11 is 0. The fraction of sp³-hybridized carbons (Fsp3) is 0.320. The van der Waals surface area contributed by atoms with Crippen molar-refractivity contribution in [1.29, 1.82) is 0 Å². The van der Waals surface area contributed by atoms with Crippen molar-refractivity contribution in [2.24, 2.45) is 0 Å². The van der Waals surface area contributed by atoms with E-state index in [0.29, 0.717) is 42.9 Å². The highest BCUT2D eigenvalue weighted by Crippen LogP contribution is 2.36. The fourth-order valence-corrected chi connectivity index (χ4v) is 4.78. The molecule has 1 saturated carbocycles. The van der Waals surface area contributed by atoms with Crippen molar-refractivity contribution < 1.29 is 19.1 Å². The number of aromatic amines is 1. The van der Waals surface area contributed by atoms with Gasteiger partial charge < -0.3 is 20.4 Å². The minimum Gasteiger partial charge on any atom is -0.490 e. The average molecular weight is 431 g/mol. The standard InChI is InChI=1S/C25H25N3O4/c29-21-10-13-32-23-18(21)7-5-9-20(23)27-24(31)25(11-3-4-12-25)28-22(30)14-16-15-26-19-8-2-1-6-17(16)19/h1-2,5-9,15,26H,3-4,10-14H2,(H,27,31)(H,28,30). The summed E-state index contributed by atoms with van der Waals surface area (Å²) in [5, 5.41) is 6.97. The maximum Gasteiger partial charge on any atom is 0.250 e. The van der Waals surface area contributed by atoms with Gasteiger partial charge in [-0.25, -0.2) is 0 Å². The number of hydrogen-bond donors (Lipinski definition) is 3. The number of anilines is 1. The molecule has 0 bridgehead atoms. The Hall–Kier alpha value is -3.61. The molecular formula is C25H25N3O4. The van der Waals surface area contributed by atoms with Crippen molar-refractivity contribution in [2.45, 2.75) is 44.1 Å². The summed E-state index contributed by atoms with van der Waals surface area (Å²) in [7, 11) is 0. The second-order valence-electron chi connectivity index (χ2n) is 8.53. The highest BCUT2D eigenvalue weighted by molar-refractivity contribution is 6.06. The smallest absolute Gasteiger partial charge is 0.250 e. The maximum atomic E-state index is 13.4. The lowest BCUT2D eigenvalue weighted by Gasteiger charge is -2.30. The van der Waals surface area contributed by atoms with Crippen LogP contribution in [-0.4, -0.2) is 34.7 Å². The number of aromatic nitrogens is 1. The van der Waals surface area contributed by atoms with Gasteiger partial charge in [0.1, 0.15) is 5.54 Å². The Bertz CT molecular complexity index is 1210. The second kappa shape index (κ2) is 8.15. The highest BCUT2D eigenvalue weighted by Gasteiger charge is 2.43. The molecule has 3 aromatic rings. The van der Waals surface area contributed by atoms with Gasteiger partial charge in [-0.3, -0.25) is 14.4 Å². The number of benzene rings is 2. The number of hydrogen-bond acceptors (Lipinski definition) is 4. The first-order chi connectivity index (χ1) is 15.6. The van der Waals surface area contributed by atoms with Gasteiger partial charge in [0.2, 0.25) is 11.8 Å². The molecule has 1 aliphatic heterocycles. The lowest BCUT2D eigenvalue weighted by molar-refractivity contribution is -0.130. The van der Waals surface area contributed by atoms with Crippen LogP contribution in [0.2, 0.25) is 0 Å². The van der Waals surface area contributed by atoms with Crippen LogP contribution < -0.4 is 15.4 Å². The van der Waals surface area contributed by atoms with E-state index >= 15 is 0 Å². The number of Topliss-reactive ketones (excluding diaryl/α,β-unsaturated/α-hetero) is 1. The van der Waals surface area contributed by atoms with Gasteiger partial charge >= 0.3 is 0 Å². The zero-order chi connectivity index (χ0) is 22.1. The lowest BCUT2D eigenvalue weighted by Crippen LogP contribution is -2.55. The van der Waals surface area contributed by atoms with Crippen LogP contribution in [-0.2, 0) is 16.0 Å². The van der Waals surface area contributed by atoms with Crippen LogP contribution >= 0.6 is 0 Å². The Morgan fingerprint density at radius 3 is 2.72 bits per heavy atom. The van der Waals surface area contributed by atoms with Gasteiger partial charge in [0.15, 0.2) is 11.5 Å². The van der Waals surface area contributed by atoms with Gasteiger partial charge in [-0.05, 0) is 36.6 Å². The molecule has 32 heavy (non-hydrogen) atoms. The predicted molar refractivity (Wildman–Crippen MR) is 121 cm³/mol. The van der Waals surface area contributed by atoms with Crippen molar-refractivity contribution in [3.8, 4) is 5.75 Å². The number of fused-ring (bicyclic) bond motifs is 2. The number of carbonyl (C=O) groups excluding carboxylic acids is 3. The number of para-hydroxylation sites is 2. The Morgan fingerprint density at radius 2 is 1.88 bits per heavy atom.